The fraction of sp³-hybridized carbons (Fsp3) is 0.526. The summed E-state index contributed by atoms with van der Waals surface area (Å²) in [6, 6.07) is 9.72. The topological polar surface area (TPSA) is 61.4 Å². The van der Waals surface area contributed by atoms with E-state index in [1.165, 1.54) is 0 Å². The Hall–Kier alpha value is -1.85. The van der Waals surface area contributed by atoms with Crippen molar-refractivity contribution in [2.45, 2.75) is 51.9 Å². The minimum Gasteiger partial charge on any atom is -0.486 e. The van der Waals surface area contributed by atoms with Crippen LogP contribution < -0.4 is 4.74 Å². The van der Waals surface area contributed by atoms with E-state index in [-0.39, 0.29) is 6.10 Å². The van der Waals surface area contributed by atoms with E-state index in [1.54, 1.807) is 0 Å². The number of imidazole rings is 1. The number of aryl methyl sites for hydroxylation is 2. The van der Waals surface area contributed by atoms with Crippen LogP contribution in [0.1, 0.15) is 37.5 Å². The molecular weight excluding hydrogens is 302 g/mol. The summed E-state index contributed by atoms with van der Waals surface area (Å²) in [6.07, 6.45) is 1.35. The van der Waals surface area contributed by atoms with Gasteiger partial charge in [0.25, 0.3) is 0 Å². The molecule has 0 amide bonds. The van der Waals surface area contributed by atoms with Gasteiger partial charge in [0, 0.05) is 31.7 Å². The number of rotatable bonds is 5. The number of aromatic amines is 1. The molecule has 2 atom stereocenters. The second kappa shape index (κ2) is 6.95. The highest BCUT2D eigenvalue weighted by Crippen LogP contribution is 2.27. The van der Waals surface area contributed by atoms with Gasteiger partial charge in [-0.1, -0.05) is 25.1 Å². The maximum absolute atomic E-state index is 10.7. The van der Waals surface area contributed by atoms with Gasteiger partial charge in [0.2, 0.25) is 0 Å². The summed E-state index contributed by atoms with van der Waals surface area (Å²) in [5, 5.41) is 10.7. The first-order chi connectivity index (χ1) is 11.5. The summed E-state index contributed by atoms with van der Waals surface area (Å²) in [4.78, 5) is 10.3. The van der Waals surface area contributed by atoms with Gasteiger partial charge < -0.3 is 14.8 Å². The van der Waals surface area contributed by atoms with E-state index in [4.69, 9.17) is 4.74 Å². The third-order valence-corrected chi connectivity index (χ3v) is 4.82. The largest absolute Gasteiger partial charge is 0.486 e. The lowest BCUT2D eigenvalue weighted by Crippen LogP contribution is -2.56. The zero-order valence-electron chi connectivity index (χ0n) is 14.7. The van der Waals surface area contributed by atoms with E-state index in [2.05, 4.69) is 28.7 Å². The molecule has 24 heavy (non-hydrogen) atoms. The van der Waals surface area contributed by atoms with Crippen molar-refractivity contribution in [3.8, 4) is 5.75 Å². The number of likely N-dealkylation sites (tertiary alicyclic amines) is 1. The van der Waals surface area contributed by atoms with Gasteiger partial charge in [-0.2, -0.15) is 0 Å². The van der Waals surface area contributed by atoms with E-state index in [0.29, 0.717) is 13.0 Å². The second-order valence-corrected chi connectivity index (χ2v) is 6.87. The lowest BCUT2D eigenvalue weighted by Gasteiger charge is -2.42. The molecule has 1 saturated heterocycles. The summed E-state index contributed by atoms with van der Waals surface area (Å²) in [7, 11) is 0. The molecule has 2 heterocycles. The molecule has 1 aromatic heterocycles. The number of benzene rings is 1. The summed E-state index contributed by atoms with van der Waals surface area (Å²) >= 11 is 0. The molecule has 0 saturated carbocycles. The molecule has 5 nitrogen and oxygen atoms in total. The minimum atomic E-state index is -0.818. The summed E-state index contributed by atoms with van der Waals surface area (Å²) in [5.74, 6) is 1.83. The number of nitrogens with zero attached hydrogens (tertiary/aromatic N) is 2. The van der Waals surface area contributed by atoms with Crippen LogP contribution in [0.3, 0.4) is 0 Å². The number of aliphatic hydroxyl groups is 1. The molecule has 1 aliphatic rings. The Morgan fingerprint density at radius 3 is 2.79 bits per heavy atom. The standard InChI is InChI=1S/C19H27N3O2/c1-4-18-20-14(2)16(21-18)12-22-11-10-19(3,23)17(13-22)24-15-8-6-5-7-9-15/h5-9,17,23H,4,10-13H2,1-3H3,(H,20,21)/t17-,19-/m1/s1. The molecular formula is C19H27N3O2. The van der Waals surface area contributed by atoms with Gasteiger partial charge in [0.1, 0.15) is 23.3 Å². The average molecular weight is 329 g/mol. The average Bonchev–Trinajstić information content (AvgIpc) is 2.92. The van der Waals surface area contributed by atoms with Gasteiger partial charge in [0.15, 0.2) is 0 Å². The maximum atomic E-state index is 10.7. The number of H-pyrrole nitrogens is 1. The number of piperidine rings is 1. The van der Waals surface area contributed by atoms with Crippen LogP contribution in [0, 0.1) is 6.92 Å². The van der Waals surface area contributed by atoms with Gasteiger partial charge in [-0.25, -0.2) is 4.98 Å². The monoisotopic (exact) mass is 329 g/mol. The Labute approximate surface area is 143 Å². The van der Waals surface area contributed by atoms with Crippen LogP contribution in [0.25, 0.3) is 0 Å². The third kappa shape index (κ3) is 3.79. The third-order valence-electron chi connectivity index (χ3n) is 4.82. The predicted octanol–water partition coefficient (Wildman–Crippen LogP) is 2.68. The van der Waals surface area contributed by atoms with Gasteiger partial charge in [-0.15, -0.1) is 0 Å². The number of aromatic nitrogens is 2. The first-order valence-electron chi connectivity index (χ1n) is 8.68. The van der Waals surface area contributed by atoms with Crippen molar-refractivity contribution in [3.05, 3.63) is 47.5 Å². The highest BCUT2D eigenvalue weighted by atomic mass is 16.5. The van der Waals surface area contributed by atoms with Crippen molar-refractivity contribution in [2.24, 2.45) is 0 Å². The molecule has 130 valence electrons. The van der Waals surface area contributed by atoms with E-state index < -0.39 is 5.60 Å². The molecule has 0 spiro atoms. The van der Waals surface area contributed by atoms with E-state index in [1.807, 2.05) is 37.3 Å². The quantitative estimate of drug-likeness (QED) is 0.885. The van der Waals surface area contributed by atoms with Gasteiger partial charge >= 0.3 is 0 Å². The highest BCUT2D eigenvalue weighted by Gasteiger charge is 2.39. The van der Waals surface area contributed by atoms with Crippen LogP contribution in [-0.4, -0.2) is 44.8 Å². The van der Waals surface area contributed by atoms with Crippen LogP contribution in [-0.2, 0) is 13.0 Å². The maximum Gasteiger partial charge on any atom is 0.140 e. The number of para-hydroxylation sites is 1. The smallest absolute Gasteiger partial charge is 0.140 e. The van der Waals surface area contributed by atoms with Crippen molar-refractivity contribution in [2.75, 3.05) is 13.1 Å². The zero-order valence-corrected chi connectivity index (χ0v) is 14.7. The molecule has 3 rings (SSSR count). The molecule has 0 bridgehead atoms. The van der Waals surface area contributed by atoms with Crippen molar-refractivity contribution in [1.82, 2.24) is 14.9 Å². The van der Waals surface area contributed by atoms with Crippen LogP contribution in [0.4, 0.5) is 0 Å². The summed E-state index contributed by atoms with van der Waals surface area (Å²) < 4.78 is 6.08. The highest BCUT2D eigenvalue weighted by molar-refractivity contribution is 5.22. The zero-order chi connectivity index (χ0) is 17.2. The Kier molecular flexibility index (Phi) is 4.92. The van der Waals surface area contributed by atoms with E-state index >= 15 is 0 Å². The molecule has 2 aromatic rings. The Bertz CT molecular complexity index is 667. The fourth-order valence-corrected chi connectivity index (χ4v) is 3.14. The van der Waals surface area contributed by atoms with Gasteiger partial charge in [-0.3, -0.25) is 4.90 Å². The van der Waals surface area contributed by atoms with Crippen LogP contribution in [0.15, 0.2) is 30.3 Å². The summed E-state index contributed by atoms with van der Waals surface area (Å²) in [5.41, 5.74) is 1.40. The number of ether oxygens (including phenoxy) is 1. The van der Waals surface area contributed by atoms with E-state index in [9.17, 15) is 5.11 Å². The van der Waals surface area contributed by atoms with Crippen molar-refractivity contribution in [1.29, 1.82) is 0 Å². The summed E-state index contributed by atoms with van der Waals surface area (Å²) in [6.45, 7) is 8.36. The SMILES string of the molecule is CCc1nc(CN2CC[C@@](C)(O)[C@H](Oc3ccccc3)C2)c(C)[nH]1. The van der Waals surface area contributed by atoms with Crippen molar-refractivity contribution < 1.29 is 9.84 Å². The fourth-order valence-electron chi connectivity index (χ4n) is 3.14. The molecule has 1 aromatic carbocycles. The Morgan fingerprint density at radius 1 is 1.38 bits per heavy atom. The van der Waals surface area contributed by atoms with Crippen molar-refractivity contribution in [3.63, 3.8) is 0 Å². The predicted molar refractivity (Wildman–Crippen MR) is 94.1 cm³/mol. The molecule has 1 fully saturated rings. The van der Waals surface area contributed by atoms with Crippen molar-refractivity contribution >= 4 is 0 Å². The molecule has 5 heteroatoms. The molecule has 2 N–H and O–H groups in total. The molecule has 0 aliphatic carbocycles. The van der Waals surface area contributed by atoms with Crippen LogP contribution in [0.5, 0.6) is 5.75 Å². The number of hydrogen-bond donors (Lipinski definition) is 2. The number of hydrogen-bond acceptors (Lipinski definition) is 4. The van der Waals surface area contributed by atoms with Gasteiger partial charge in [0.05, 0.1) is 5.69 Å². The van der Waals surface area contributed by atoms with Crippen LogP contribution in [0.2, 0.25) is 0 Å². The lowest BCUT2D eigenvalue weighted by atomic mass is 9.90. The lowest BCUT2D eigenvalue weighted by molar-refractivity contribution is -0.0966. The first-order valence-corrected chi connectivity index (χ1v) is 8.68. The van der Waals surface area contributed by atoms with E-state index in [0.717, 1.165) is 42.5 Å². The minimum absolute atomic E-state index is 0.251. The Balaban J connectivity index is 1.69. The molecule has 1 aliphatic heterocycles. The first kappa shape index (κ1) is 17.0. The number of nitrogens with one attached hydrogen (secondary N) is 1. The van der Waals surface area contributed by atoms with Gasteiger partial charge in [-0.05, 0) is 32.4 Å². The second-order valence-electron chi connectivity index (χ2n) is 6.87. The normalized spacial score (nSPS) is 24.9. The molecule has 0 radical (unpaired) electrons. The van der Waals surface area contributed by atoms with Crippen LogP contribution >= 0.6 is 0 Å². The molecule has 0 unspecified atom stereocenters. The Morgan fingerprint density at radius 2 is 2.12 bits per heavy atom.